The summed E-state index contributed by atoms with van der Waals surface area (Å²) >= 11 is 3.65. The van der Waals surface area contributed by atoms with Crippen molar-refractivity contribution in [3.05, 3.63) is 39.9 Å². The zero-order valence-corrected chi connectivity index (χ0v) is 13.0. The first kappa shape index (κ1) is 15.4. The van der Waals surface area contributed by atoms with E-state index in [4.69, 9.17) is 4.74 Å². The number of hydrogen-bond acceptors (Lipinski definition) is 3. The molecular formula is C15H20BrNO3. The van der Waals surface area contributed by atoms with Crippen molar-refractivity contribution in [2.75, 3.05) is 6.61 Å². The Morgan fingerprint density at radius 3 is 2.90 bits per heavy atom. The van der Waals surface area contributed by atoms with Gasteiger partial charge in [-0.1, -0.05) is 34.1 Å². The number of halogens is 1. The van der Waals surface area contributed by atoms with Gasteiger partial charge in [0.2, 0.25) is 0 Å². The Morgan fingerprint density at radius 2 is 2.20 bits per heavy atom. The van der Waals surface area contributed by atoms with Crippen molar-refractivity contribution in [3.63, 3.8) is 0 Å². The maximum absolute atomic E-state index is 11.0. The molecule has 1 aliphatic heterocycles. The Morgan fingerprint density at radius 1 is 1.40 bits per heavy atom. The number of nitrogens with zero attached hydrogens (tertiary/aromatic N) is 1. The second kappa shape index (κ2) is 7.74. The first-order valence-electron chi connectivity index (χ1n) is 7.15. The summed E-state index contributed by atoms with van der Waals surface area (Å²) in [4.78, 5) is 10.9. The van der Waals surface area contributed by atoms with Crippen LogP contribution in [0.4, 0.5) is 5.69 Å². The number of nitro benzene ring substituents is 1. The lowest BCUT2D eigenvalue weighted by atomic mass is 10.0. The predicted molar refractivity (Wildman–Crippen MR) is 82.3 cm³/mol. The number of nitro groups is 1. The average Bonchev–Trinajstić information content (AvgIpc) is 2.46. The molecule has 0 amide bonds. The molecule has 1 saturated heterocycles. The molecule has 1 aromatic carbocycles. The van der Waals surface area contributed by atoms with Gasteiger partial charge >= 0.3 is 0 Å². The Kier molecular flexibility index (Phi) is 5.98. The summed E-state index contributed by atoms with van der Waals surface area (Å²) in [5.41, 5.74) is 1.01. The van der Waals surface area contributed by atoms with Crippen LogP contribution in [0.25, 0.3) is 0 Å². The number of ether oxygens (including phenoxy) is 1. The first-order valence-corrected chi connectivity index (χ1v) is 8.06. The van der Waals surface area contributed by atoms with Gasteiger partial charge in [0.05, 0.1) is 11.0 Å². The summed E-state index contributed by atoms with van der Waals surface area (Å²) in [6.45, 7) is 0.877. The van der Waals surface area contributed by atoms with Crippen LogP contribution in [-0.2, 0) is 11.2 Å². The van der Waals surface area contributed by atoms with Crippen molar-refractivity contribution in [2.24, 2.45) is 0 Å². The van der Waals surface area contributed by atoms with Crippen molar-refractivity contribution in [3.8, 4) is 0 Å². The van der Waals surface area contributed by atoms with Crippen molar-refractivity contribution >= 4 is 21.6 Å². The van der Waals surface area contributed by atoms with E-state index in [0.717, 1.165) is 31.4 Å². The average molecular weight is 342 g/mol. The summed E-state index contributed by atoms with van der Waals surface area (Å²) < 4.78 is 5.71. The van der Waals surface area contributed by atoms with E-state index in [9.17, 15) is 10.1 Å². The molecule has 0 saturated carbocycles. The van der Waals surface area contributed by atoms with Crippen LogP contribution >= 0.6 is 15.9 Å². The highest BCUT2D eigenvalue weighted by molar-refractivity contribution is 9.09. The van der Waals surface area contributed by atoms with Gasteiger partial charge < -0.3 is 4.74 Å². The Hall–Kier alpha value is -0.940. The van der Waals surface area contributed by atoms with Crippen LogP contribution in [-0.4, -0.2) is 22.5 Å². The van der Waals surface area contributed by atoms with Crippen LogP contribution in [0.1, 0.15) is 37.7 Å². The van der Waals surface area contributed by atoms with Crippen LogP contribution in [0, 0.1) is 10.1 Å². The number of rotatable bonds is 6. The van der Waals surface area contributed by atoms with Gasteiger partial charge in [-0.15, -0.1) is 0 Å². The van der Waals surface area contributed by atoms with Crippen LogP contribution in [0.5, 0.6) is 0 Å². The Balaban J connectivity index is 1.84. The second-order valence-electron chi connectivity index (χ2n) is 5.25. The van der Waals surface area contributed by atoms with Crippen LogP contribution in [0.15, 0.2) is 24.3 Å². The molecule has 4 nitrogen and oxygen atoms in total. The fraction of sp³-hybridized carbons (Fsp3) is 0.600. The molecular weight excluding hydrogens is 322 g/mol. The third kappa shape index (κ3) is 4.56. The van der Waals surface area contributed by atoms with Crippen LogP contribution < -0.4 is 0 Å². The molecule has 0 N–H and O–H groups in total. The molecule has 0 aliphatic carbocycles. The number of para-hydroxylation sites is 1. The van der Waals surface area contributed by atoms with Crippen LogP contribution in [0.2, 0.25) is 0 Å². The minimum Gasteiger partial charge on any atom is -0.378 e. The van der Waals surface area contributed by atoms with E-state index in [1.807, 2.05) is 12.1 Å². The second-order valence-corrected chi connectivity index (χ2v) is 6.55. The lowest BCUT2D eigenvalue weighted by Crippen LogP contribution is -2.20. The molecule has 20 heavy (non-hydrogen) atoms. The standard InChI is InChI=1S/C15H20BrNO3/c16-13(8-9-14-6-3-4-10-20-14)11-12-5-1-2-7-15(12)17(18)19/h1-2,5,7,13-14H,3-4,6,8-11H2. The maximum atomic E-state index is 11.0. The third-order valence-electron chi connectivity index (χ3n) is 3.71. The van der Waals surface area contributed by atoms with Crippen molar-refractivity contribution in [1.29, 1.82) is 0 Å². The molecule has 1 fully saturated rings. The lowest BCUT2D eigenvalue weighted by molar-refractivity contribution is -0.385. The summed E-state index contributed by atoms with van der Waals surface area (Å²) in [7, 11) is 0. The predicted octanol–water partition coefficient (Wildman–Crippen LogP) is 4.25. The molecule has 2 atom stereocenters. The molecule has 0 radical (unpaired) electrons. The zero-order valence-electron chi connectivity index (χ0n) is 11.5. The summed E-state index contributed by atoms with van der Waals surface area (Å²) in [5, 5.41) is 11.0. The molecule has 1 heterocycles. The quantitative estimate of drug-likeness (QED) is 0.441. The normalized spacial score (nSPS) is 20.6. The first-order chi connectivity index (χ1) is 9.66. The molecule has 110 valence electrons. The summed E-state index contributed by atoms with van der Waals surface area (Å²) in [6.07, 6.45) is 6.63. The zero-order chi connectivity index (χ0) is 14.4. The van der Waals surface area contributed by atoms with Gasteiger partial charge in [-0.2, -0.15) is 0 Å². The highest BCUT2D eigenvalue weighted by Crippen LogP contribution is 2.25. The van der Waals surface area contributed by atoms with Gasteiger partial charge in [0.25, 0.3) is 5.69 Å². The summed E-state index contributed by atoms with van der Waals surface area (Å²) in [6, 6.07) is 6.97. The minimum absolute atomic E-state index is 0.214. The van der Waals surface area contributed by atoms with Crippen molar-refractivity contribution in [2.45, 2.75) is 49.5 Å². The Bertz CT molecular complexity index is 446. The molecule has 1 aromatic rings. The van der Waals surface area contributed by atoms with Crippen molar-refractivity contribution < 1.29 is 9.66 Å². The van der Waals surface area contributed by atoms with Crippen molar-refractivity contribution in [1.82, 2.24) is 0 Å². The Labute approximate surface area is 127 Å². The highest BCUT2D eigenvalue weighted by Gasteiger charge is 2.18. The maximum Gasteiger partial charge on any atom is 0.272 e. The van der Waals surface area contributed by atoms with Gasteiger partial charge in [0.15, 0.2) is 0 Å². The van der Waals surface area contributed by atoms with Gasteiger partial charge in [-0.05, 0) is 38.5 Å². The van der Waals surface area contributed by atoms with E-state index in [0.29, 0.717) is 12.5 Å². The van der Waals surface area contributed by atoms with E-state index in [1.54, 1.807) is 12.1 Å². The van der Waals surface area contributed by atoms with Crippen LogP contribution in [0.3, 0.4) is 0 Å². The molecule has 0 spiro atoms. The minimum atomic E-state index is -0.306. The third-order valence-corrected chi connectivity index (χ3v) is 4.49. The number of alkyl halides is 1. The molecule has 5 heteroatoms. The molecule has 2 unspecified atom stereocenters. The fourth-order valence-electron chi connectivity index (χ4n) is 2.60. The topological polar surface area (TPSA) is 52.4 Å². The molecule has 2 rings (SSSR count). The van der Waals surface area contributed by atoms with E-state index in [2.05, 4.69) is 15.9 Å². The summed E-state index contributed by atoms with van der Waals surface area (Å²) in [5.74, 6) is 0. The van der Waals surface area contributed by atoms with E-state index in [1.165, 1.54) is 12.8 Å². The fourth-order valence-corrected chi connectivity index (χ4v) is 3.22. The SMILES string of the molecule is O=[N+]([O-])c1ccccc1CC(Br)CCC1CCCCO1. The largest absolute Gasteiger partial charge is 0.378 e. The van der Waals surface area contributed by atoms with Gasteiger partial charge in [0.1, 0.15) is 0 Å². The number of hydrogen-bond donors (Lipinski definition) is 0. The molecule has 0 bridgehead atoms. The number of benzene rings is 1. The lowest BCUT2D eigenvalue weighted by Gasteiger charge is -2.23. The molecule has 0 aromatic heterocycles. The highest BCUT2D eigenvalue weighted by atomic mass is 79.9. The van der Waals surface area contributed by atoms with E-state index in [-0.39, 0.29) is 15.4 Å². The van der Waals surface area contributed by atoms with E-state index >= 15 is 0 Å². The van der Waals surface area contributed by atoms with Gasteiger partial charge in [0, 0.05) is 23.1 Å². The molecule has 1 aliphatic rings. The smallest absolute Gasteiger partial charge is 0.272 e. The monoisotopic (exact) mass is 341 g/mol. The van der Waals surface area contributed by atoms with Gasteiger partial charge in [-0.3, -0.25) is 10.1 Å². The van der Waals surface area contributed by atoms with Gasteiger partial charge in [-0.25, -0.2) is 0 Å². The van der Waals surface area contributed by atoms with E-state index < -0.39 is 0 Å².